The van der Waals surface area contributed by atoms with Gasteiger partial charge in [-0.25, -0.2) is 4.79 Å². The van der Waals surface area contributed by atoms with E-state index in [-0.39, 0.29) is 6.04 Å². The summed E-state index contributed by atoms with van der Waals surface area (Å²) in [6.07, 6.45) is -0.809. The Kier molecular flexibility index (Phi) is 6.28. The van der Waals surface area contributed by atoms with E-state index in [0.29, 0.717) is 18.2 Å². The van der Waals surface area contributed by atoms with Gasteiger partial charge in [-0.15, -0.1) is 0 Å². The Hall–Kier alpha value is -1.10. The lowest BCUT2D eigenvalue weighted by Crippen LogP contribution is -2.38. The molecule has 106 valence electrons. The zero-order valence-electron chi connectivity index (χ0n) is 11.5. The molecule has 0 heterocycles. The molecule has 5 heteroatoms. The van der Waals surface area contributed by atoms with Crippen molar-refractivity contribution in [2.24, 2.45) is 0 Å². The number of aliphatic carboxylic acids is 1. The van der Waals surface area contributed by atoms with E-state index >= 15 is 0 Å². The molecule has 1 aromatic rings. The van der Waals surface area contributed by atoms with Crippen molar-refractivity contribution in [3.05, 3.63) is 34.9 Å². The van der Waals surface area contributed by atoms with Crippen LogP contribution < -0.4 is 0 Å². The summed E-state index contributed by atoms with van der Waals surface area (Å²) in [5, 5.41) is 9.76. The first-order valence-electron chi connectivity index (χ1n) is 6.25. The van der Waals surface area contributed by atoms with Gasteiger partial charge in [0.1, 0.15) is 0 Å². The van der Waals surface area contributed by atoms with E-state index in [1.807, 2.05) is 43.1 Å². The molecule has 1 rings (SSSR count). The topological polar surface area (TPSA) is 49.8 Å². The highest BCUT2D eigenvalue weighted by molar-refractivity contribution is 6.30. The molecule has 0 bridgehead atoms. The fraction of sp³-hybridized carbons (Fsp3) is 0.500. The van der Waals surface area contributed by atoms with Crippen molar-refractivity contribution in [1.29, 1.82) is 0 Å². The highest BCUT2D eigenvalue weighted by Gasteiger charge is 2.22. The fourth-order valence-electron chi connectivity index (χ4n) is 1.84. The van der Waals surface area contributed by atoms with Crippen LogP contribution in [0.2, 0.25) is 5.02 Å². The molecule has 0 aliphatic heterocycles. The first-order valence-corrected chi connectivity index (χ1v) is 6.63. The molecule has 1 N–H and O–H groups in total. The second kappa shape index (κ2) is 7.48. The van der Waals surface area contributed by atoms with E-state index < -0.39 is 12.1 Å². The van der Waals surface area contributed by atoms with E-state index in [1.165, 1.54) is 0 Å². The third kappa shape index (κ3) is 4.82. The van der Waals surface area contributed by atoms with Crippen LogP contribution in [0.1, 0.15) is 25.5 Å². The third-order valence-corrected chi connectivity index (χ3v) is 3.32. The SMILES string of the molecule is CCOC(CN(C)C(C)c1cccc(Cl)c1)C(=O)O. The lowest BCUT2D eigenvalue weighted by Gasteiger charge is -2.27. The van der Waals surface area contributed by atoms with Gasteiger partial charge in [0.15, 0.2) is 6.10 Å². The predicted molar refractivity (Wildman–Crippen MR) is 75.5 cm³/mol. The van der Waals surface area contributed by atoms with E-state index in [0.717, 1.165) is 5.56 Å². The van der Waals surface area contributed by atoms with E-state index in [2.05, 4.69) is 0 Å². The standard InChI is InChI=1S/C14H20ClNO3/c1-4-19-13(14(17)18)9-16(3)10(2)11-6-5-7-12(15)8-11/h5-8,10,13H,4,9H2,1-3H3,(H,17,18). The molecule has 0 aliphatic carbocycles. The average molecular weight is 286 g/mol. The Morgan fingerprint density at radius 3 is 2.74 bits per heavy atom. The Morgan fingerprint density at radius 1 is 1.53 bits per heavy atom. The number of carbonyl (C=O) groups is 1. The molecule has 2 unspecified atom stereocenters. The summed E-state index contributed by atoms with van der Waals surface area (Å²) in [6.45, 7) is 4.51. The van der Waals surface area contributed by atoms with Gasteiger partial charge in [-0.05, 0) is 38.6 Å². The van der Waals surface area contributed by atoms with Gasteiger partial charge < -0.3 is 9.84 Å². The largest absolute Gasteiger partial charge is 0.479 e. The maximum absolute atomic E-state index is 11.1. The number of benzene rings is 1. The molecule has 4 nitrogen and oxygen atoms in total. The molecule has 0 spiro atoms. The quantitative estimate of drug-likeness (QED) is 0.837. The van der Waals surface area contributed by atoms with Gasteiger partial charge in [-0.2, -0.15) is 0 Å². The van der Waals surface area contributed by atoms with Crippen LogP contribution in [0.4, 0.5) is 0 Å². The Balaban J connectivity index is 2.71. The Labute approximate surface area is 118 Å². The van der Waals surface area contributed by atoms with Crippen molar-refractivity contribution >= 4 is 17.6 Å². The van der Waals surface area contributed by atoms with Crippen LogP contribution in [0.5, 0.6) is 0 Å². The van der Waals surface area contributed by atoms with Gasteiger partial charge in [0.2, 0.25) is 0 Å². The normalized spacial score (nSPS) is 14.4. The average Bonchev–Trinajstić information content (AvgIpc) is 2.37. The lowest BCUT2D eigenvalue weighted by atomic mass is 10.1. The molecule has 1 aromatic carbocycles. The maximum Gasteiger partial charge on any atom is 0.334 e. The number of likely N-dealkylation sites (N-methyl/N-ethyl adjacent to an activating group) is 1. The van der Waals surface area contributed by atoms with Gasteiger partial charge >= 0.3 is 5.97 Å². The molecule has 19 heavy (non-hydrogen) atoms. The van der Waals surface area contributed by atoms with Crippen LogP contribution in [0.25, 0.3) is 0 Å². The molecule has 0 fully saturated rings. The summed E-state index contributed by atoms with van der Waals surface area (Å²) in [5.41, 5.74) is 1.05. The first kappa shape index (κ1) is 16.0. The molecule has 0 aliphatic rings. The van der Waals surface area contributed by atoms with Gasteiger partial charge in [0.25, 0.3) is 0 Å². The summed E-state index contributed by atoms with van der Waals surface area (Å²) in [7, 11) is 1.88. The molecule has 0 radical (unpaired) electrons. The lowest BCUT2D eigenvalue weighted by molar-refractivity contribution is -0.151. The van der Waals surface area contributed by atoms with Crippen molar-refractivity contribution < 1.29 is 14.6 Å². The monoisotopic (exact) mass is 285 g/mol. The number of halogens is 1. The zero-order valence-corrected chi connectivity index (χ0v) is 12.2. The highest BCUT2D eigenvalue weighted by Crippen LogP contribution is 2.22. The van der Waals surface area contributed by atoms with Crippen molar-refractivity contribution in [2.45, 2.75) is 26.0 Å². The summed E-state index contributed by atoms with van der Waals surface area (Å²) in [4.78, 5) is 13.0. The zero-order chi connectivity index (χ0) is 14.4. The fourth-order valence-corrected chi connectivity index (χ4v) is 2.04. The molecule has 0 aromatic heterocycles. The number of ether oxygens (including phenoxy) is 1. The van der Waals surface area contributed by atoms with E-state index in [4.69, 9.17) is 21.4 Å². The number of nitrogens with zero attached hydrogens (tertiary/aromatic N) is 1. The summed E-state index contributed by atoms with van der Waals surface area (Å²) in [5.74, 6) is -0.938. The second-order valence-electron chi connectivity index (χ2n) is 4.45. The molecule has 0 amide bonds. The first-order chi connectivity index (χ1) is 8.95. The van der Waals surface area contributed by atoms with Crippen LogP contribution in [0.15, 0.2) is 24.3 Å². The number of carboxylic acids is 1. The van der Waals surface area contributed by atoms with Crippen LogP contribution in [0, 0.1) is 0 Å². The van der Waals surface area contributed by atoms with Gasteiger partial charge in [-0.1, -0.05) is 23.7 Å². The molecule has 0 saturated carbocycles. The highest BCUT2D eigenvalue weighted by atomic mass is 35.5. The maximum atomic E-state index is 11.1. The van der Waals surface area contributed by atoms with Crippen molar-refractivity contribution in [3.63, 3.8) is 0 Å². The summed E-state index contributed by atoms with van der Waals surface area (Å²) >= 11 is 5.96. The Bertz CT molecular complexity index is 425. The van der Waals surface area contributed by atoms with Crippen molar-refractivity contribution in [1.82, 2.24) is 4.90 Å². The third-order valence-electron chi connectivity index (χ3n) is 3.09. The minimum absolute atomic E-state index is 0.0704. The summed E-state index contributed by atoms with van der Waals surface area (Å²) in [6, 6.07) is 7.64. The van der Waals surface area contributed by atoms with Crippen LogP contribution in [-0.2, 0) is 9.53 Å². The van der Waals surface area contributed by atoms with Gasteiger partial charge in [0.05, 0.1) is 0 Å². The summed E-state index contributed by atoms with van der Waals surface area (Å²) < 4.78 is 5.22. The molecular formula is C14H20ClNO3. The van der Waals surface area contributed by atoms with E-state index in [1.54, 1.807) is 6.92 Å². The van der Waals surface area contributed by atoms with Gasteiger partial charge in [-0.3, -0.25) is 4.90 Å². The van der Waals surface area contributed by atoms with Crippen molar-refractivity contribution in [2.75, 3.05) is 20.2 Å². The molecule has 2 atom stereocenters. The van der Waals surface area contributed by atoms with Crippen LogP contribution in [0.3, 0.4) is 0 Å². The second-order valence-corrected chi connectivity index (χ2v) is 4.89. The van der Waals surface area contributed by atoms with Gasteiger partial charge in [0, 0.05) is 24.2 Å². The number of carboxylic acid groups (broad SMARTS) is 1. The Morgan fingerprint density at radius 2 is 2.21 bits per heavy atom. The smallest absolute Gasteiger partial charge is 0.334 e. The minimum Gasteiger partial charge on any atom is -0.479 e. The van der Waals surface area contributed by atoms with Crippen LogP contribution in [-0.4, -0.2) is 42.3 Å². The number of rotatable bonds is 7. The molecular weight excluding hydrogens is 266 g/mol. The van der Waals surface area contributed by atoms with Crippen molar-refractivity contribution in [3.8, 4) is 0 Å². The minimum atomic E-state index is -0.938. The number of hydrogen-bond acceptors (Lipinski definition) is 3. The van der Waals surface area contributed by atoms with E-state index in [9.17, 15) is 4.79 Å². The molecule has 0 saturated heterocycles. The number of hydrogen-bond donors (Lipinski definition) is 1. The predicted octanol–water partition coefficient (Wildman–Crippen LogP) is 2.82. The van der Waals surface area contributed by atoms with Crippen LogP contribution >= 0.6 is 11.6 Å².